The molecule has 0 radical (unpaired) electrons. The molecule has 0 atom stereocenters. The van der Waals surface area contributed by atoms with Crippen LogP contribution in [-0.4, -0.2) is 49.1 Å². The fraction of sp³-hybridized carbons (Fsp3) is 1.00. The van der Waals surface area contributed by atoms with E-state index in [1.54, 1.807) is 0 Å². The van der Waals surface area contributed by atoms with Crippen molar-refractivity contribution in [2.75, 3.05) is 21.1 Å². The molecule has 0 heterocycles. The van der Waals surface area contributed by atoms with Crippen LogP contribution in [0.5, 0.6) is 0 Å². The standard InChI is InChI=1S/C13H25N.C8H17N/c1-14(12-8-4-2-5-9-12)13-10-6-3-7-11-13;1-9(2)8-6-4-3-5-7-8/h12-13H,2-11H2,1H3;8H,3-7H2,1-2H3. The number of hydrogen-bond donors (Lipinski definition) is 0. The lowest BCUT2D eigenvalue weighted by atomic mass is 9.89. The van der Waals surface area contributed by atoms with Gasteiger partial charge in [0.05, 0.1) is 0 Å². The van der Waals surface area contributed by atoms with Crippen LogP contribution in [0, 0.1) is 0 Å². The molecular weight excluding hydrogens is 280 g/mol. The monoisotopic (exact) mass is 322 g/mol. The molecule has 0 aromatic carbocycles. The van der Waals surface area contributed by atoms with E-state index in [0.29, 0.717) is 0 Å². The average Bonchev–Trinajstić information content (AvgIpc) is 2.64. The summed E-state index contributed by atoms with van der Waals surface area (Å²) in [4.78, 5) is 5.08. The van der Waals surface area contributed by atoms with Crippen LogP contribution >= 0.6 is 0 Å². The normalized spacial score (nSPS) is 25.4. The molecule has 3 aliphatic rings. The molecule has 136 valence electrons. The van der Waals surface area contributed by atoms with Crippen LogP contribution in [-0.2, 0) is 0 Å². The van der Waals surface area contributed by atoms with Crippen LogP contribution in [0.4, 0.5) is 0 Å². The maximum Gasteiger partial charge on any atom is 0.00951 e. The summed E-state index contributed by atoms with van der Waals surface area (Å²) < 4.78 is 0. The van der Waals surface area contributed by atoms with E-state index in [9.17, 15) is 0 Å². The van der Waals surface area contributed by atoms with Crippen molar-refractivity contribution in [3.05, 3.63) is 0 Å². The van der Waals surface area contributed by atoms with Crippen molar-refractivity contribution in [2.24, 2.45) is 0 Å². The Hall–Kier alpha value is -0.0800. The lowest BCUT2D eigenvalue weighted by Crippen LogP contribution is -2.42. The summed E-state index contributed by atoms with van der Waals surface area (Å²) in [5.41, 5.74) is 0. The zero-order valence-corrected chi connectivity index (χ0v) is 16.2. The summed E-state index contributed by atoms with van der Waals surface area (Å²) in [5, 5.41) is 0. The third-order valence-corrected chi connectivity index (χ3v) is 6.61. The second kappa shape index (κ2) is 10.7. The third kappa shape index (κ3) is 6.74. The molecular formula is C21H42N2. The molecule has 0 aromatic heterocycles. The highest BCUT2D eigenvalue weighted by Crippen LogP contribution is 2.28. The first-order valence-electron chi connectivity index (χ1n) is 10.6. The highest BCUT2D eigenvalue weighted by molar-refractivity contribution is 4.81. The molecule has 0 spiro atoms. The van der Waals surface area contributed by atoms with Gasteiger partial charge in [-0.25, -0.2) is 0 Å². The summed E-state index contributed by atoms with van der Waals surface area (Å²) in [6.45, 7) is 0. The van der Waals surface area contributed by atoms with E-state index in [2.05, 4.69) is 30.9 Å². The summed E-state index contributed by atoms with van der Waals surface area (Å²) in [6, 6.07) is 2.73. The van der Waals surface area contributed by atoms with Gasteiger partial charge in [0.2, 0.25) is 0 Å². The van der Waals surface area contributed by atoms with Gasteiger partial charge in [-0.2, -0.15) is 0 Å². The Morgan fingerprint density at radius 3 is 1.00 bits per heavy atom. The molecule has 0 bridgehead atoms. The molecule has 2 heteroatoms. The zero-order valence-electron chi connectivity index (χ0n) is 16.2. The highest BCUT2D eigenvalue weighted by atomic mass is 15.2. The van der Waals surface area contributed by atoms with Gasteiger partial charge in [0.25, 0.3) is 0 Å². The average molecular weight is 323 g/mol. The van der Waals surface area contributed by atoms with E-state index in [1.165, 1.54) is 96.3 Å². The summed E-state index contributed by atoms with van der Waals surface area (Å²) in [5.74, 6) is 0. The molecule has 0 saturated heterocycles. The minimum Gasteiger partial charge on any atom is -0.306 e. The Kier molecular flexibility index (Phi) is 8.97. The highest BCUT2D eigenvalue weighted by Gasteiger charge is 2.25. The Morgan fingerprint density at radius 1 is 0.435 bits per heavy atom. The Morgan fingerprint density at radius 2 is 0.739 bits per heavy atom. The van der Waals surface area contributed by atoms with Gasteiger partial charge in [-0.1, -0.05) is 57.8 Å². The molecule has 3 rings (SSSR count). The van der Waals surface area contributed by atoms with E-state index in [1.807, 2.05) is 0 Å². The number of hydrogen-bond acceptors (Lipinski definition) is 2. The molecule has 0 aromatic rings. The fourth-order valence-electron chi connectivity index (χ4n) is 4.87. The van der Waals surface area contributed by atoms with Crippen molar-refractivity contribution in [3.8, 4) is 0 Å². The first-order valence-corrected chi connectivity index (χ1v) is 10.6. The van der Waals surface area contributed by atoms with E-state index in [-0.39, 0.29) is 0 Å². The summed E-state index contributed by atoms with van der Waals surface area (Å²) in [6.07, 6.45) is 21.9. The van der Waals surface area contributed by atoms with Crippen LogP contribution in [0.1, 0.15) is 96.3 Å². The smallest absolute Gasteiger partial charge is 0.00951 e. The second-order valence-corrected chi connectivity index (χ2v) is 8.50. The SMILES string of the molecule is CN(C)C1CCCCC1.CN(C1CCCCC1)C1CCCCC1. The lowest BCUT2D eigenvalue weighted by Gasteiger charge is -2.39. The molecule has 2 nitrogen and oxygen atoms in total. The lowest BCUT2D eigenvalue weighted by molar-refractivity contribution is 0.111. The molecule has 0 amide bonds. The van der Waals surface area contributed by atoms with E-state index < -0.39 is 0 Å². The second-order valence-electron chi connectivity index (χ2n) is 8.50. The van der Waals surface area contributed by atoms with Crippen LogP contribution < -0.4 is 0 Å². The zero-order chi connectivity index (χ0) is 16.5. The van der Waals surface area contributed by atoms with Crippen molar-refractivity contribution in [3.63, 3.8) is 0 Å². The van der Waals surface area contributed by atoms with Crippen LogP contribution in [0.15, 0.2) is 0 Å². The number of nitrogens with zero attached hydrogens (tertiary/aromatic N) is 2. The van der Waals surface area contributed by atoms with E-state index in [0.717, 1.165) is 18.1 Å². The summed E-state index contributed by atoms with van der Waals surface area (Å²) >= 11 is 0. The van der Waals surface area contributed by atoms with E-state index in [4.69, 9.17) is 0 Å². The molecule has 23 heavy (non-hydrogen) atoms. The maximum atomic E-state index is 2.72. The van der Waals surface area contributed by atoms with Crippen molar-refractivity contribution in [1.29, 1.82) is 0 Å². The predicted octanol–water partition coefficient (Wildman–Crippen LogP) is 5.46. The van der Waals surface area contributed by atoms with Crippen LogP contribution in [0.25, 0.3) is 0 Å². The topological polar surface area (TPSA) is 6.48 Å². The van der Waals surface area contributed by atoms with Crippen molar-refractivity contribution < 1.29 is 0 Å². The molecule has 3 saturated carbocycles. The largest absolute Gasteiger partial charge is 0.306 e. The molecule has 0 N–H and O–H groups in total. The number of rotatable bonds is 3. The van der Waals surface area contributed by atoms with Crippen LogP contribution in [0.3, 0.4) is 0 Å². The Bertz CT molecular complexity index is 266. The molecule has 3 aliphatic carbocycles. The molecule has 0 aliphatic heterocycles. The molecule has 0 unspecified atom stereocenters. The van der Waals surface area contributed by atoms with Gasteiger partial charge < -0.3 is 9.80 Å². The van der Waals surface area contributed by atoms with Crippen molar-refractivity contribution >= 4 is 0 Å². The first-order chi connectivity index (χ1) is 11.2. The quantitative estimate of drug-likeness (QED) is 0.680. The van der Waals surface area contributed by atoms with Gasteiger partial charge >= 0.3 is 0 Å². The van der Waals surface area contributed by atoms with Gasteiger partial charge in [0.1, 0.15) is 0 Å². The third-order valence-electron chi connectivity index (χ3n) is 6.61. The van der Waals surface area contributed by atoms with Gasteiger partial charge in [-0.3, -0.25) is 0 Å². The van der Waals surface area contributed by atoms with Gasteiger partial charge in [-0.15, -0.1) is 0 Å². The fourth-order valence-corrected chi connectivity index (χ4v) is 4.87. The maximum absolute atomic E-state index is 2.72. The predicted molar refractivity (Wildman–Crippen MR) is 102 cm³/mol. The minimum absolute atomic E-state index is 0.888. The van der Waals surface area contributed by atoms with Gasteiger partial charge in [0.15, 0.2) is 0 Å². The van der Waals surface area contributed by atoms with Crippen molar-refractivity contribution in [2.45, 2.75) is 114 Å². The Labute approximate surface area is 146 Å². The Balaban J connectivity index is 0.000000185. The van der Waals surface area contributed by atoms with Crippen molar-refractivity contribution in [1.82, 2.24) is 9.80 Å². The van der Waals surface area contributed by atoms with Crippen LogP contribution in [0.2, 0.25) is 0 Å². The summed E-state index contributed by atoms with van der Waals surface area (Å²) in [7, 11) is 6.76. The van der Waals surface area contributed by atoms with E-state index >= 15 is 0 Å². The first kappa shape index (κ1) is 19.2. The minimum atomic E-state index is 0.888. The molecule has 3 fully saturated rings. The van der Waals surface area contributed by atoms with Gasteiger partial charge in [0, 0.05) is 18.1 Å². The van der Waals surface area contributed by atoms with Gasteiger partial charge in [-0.05, 0) is 59.7 Å².